The number of aliphatic imine (C=N–C) groups is 1. The number of benzene rings is 3. The second kappa shape index (κ2) is 11.4. The van der Waals surface area contributed by atoms with Gasteiger partial charge in [0.15, 0.2) is 0 Å². The van der Waals surface area contributed by atoms with Crippen molar-refractivity contribution >= 4 is 45.4 Å². The molecule has 7 heteroatoms. The first-order chi connectivity index (χ1) is 18.5. The van der Waals surface area contributed by atoms with Crippen LogP contribution in [0.15, 0.2) is 106 Å². The summed E-state index contributed by atoms with van der Waals surface area (Å²) in [6.07, 6.45) is 3.94. The molecule has 0 aliphatic carbocycles. The number of hydrogen-bond donors (Lipinski definition) is 1. The van der Waals surface area contributed by atoms with E-state index < -0.39 is 5.97 Å². The minimum Gasteiger partial charge on any atom is -0.506 e. The van der Waals surface area contributed by atoms with E-state index in [2.05, 4.69) is 15.6 Å². The van der Waals surface area contributed by atoms with Crippen LogP contribution in [0.4, 0.5) is 5.69 Å². The largest absolute Gasteiger partial charge is 0.506 e. The topological polar surface area (TPSA) is 73.0 Å². The van der Waals surface area contributed by atoms with Crippen LogP contribution in [-0.2, 0) is 16.1 Å². The summed E-state index contributed by atoms with van der Waals surface area (Å²) in [5.74, 6) is 0.117. The Hall–Kier alpha value is -4.23. The second-order valence-corrected chi connectivity index (χ2v) is 9.79. The Morgan fingerprint density at radius 2 is 1.76 bits per heavy atom. The normalized spacial score (nSPS) is 15.5. The highest BCUT2D eigenvalue weighted by Crippen LogP contribution is 2.41. The molecule has 0 unspecified atom stereocenters. The van der Waals surface area contributed by atoms with Crippen LogP contribution in [0, 0.1) is 6.92 Å². The number of aliphatic hydroxyl groups is 1. The maximum atomic E-state index is 12.8. The van der Waals surface area contributed by atoms with Gasteiger partial charge in [-0.1, -0.05) is 65.9 Å². The van der Waals surface area contributed by atoms with Gasteiger partial charge in [-0.05, 0) is 50.3 Å². The van der Waals surface area contributed by atoms with Crippen LogP contribution in [0.2, 0.25) is 0 Å². The maximum Gasteiger partial charge on any atom is 0.344 e. The van der Waals surface area contributed by atoms with Crippen LogP contribution < -0.4 is 4.74 Å². The van der Waals surface area contributed by atoms with E-state index >= 15 is 0 Å². The summed E-state index contributed by atoms with van der Waals surface area (Å²) < 4.78 is 13.3. The fourth-order valence-corrected chi connectivity index (χ4v) is 5.25. The van der Waals surface area contributed by atoms with Crippen molar-refractivity contribution in [1.82, 2.24) is 4.57 Å². The number of esters is 1. The quantitative estimate of drug-likeness (QED) is 0.246. The van der Waals surface area contributed by atoms with E-state index in [1.165, 1.54) is 11.8 Å². The first-order valence-corrected chi connectivity index (χ1v) is 13.3. The Balaban J connectivity index is 1.48. The Labute approximate surface area is 225 Å². The summed E-state index contributed by atoms with van der Waals surface area (Å²) in [4.78, 5) is 18.0. The second-order valence-electron chi connectivity index (χ2n) is 8.76. The number of aryl methyl sites for hydroxylation is 1. The van der Waals surface area contributed by atoms with Crippen molar-refractivity contribution < 1.29 is 19.4 Å². The molecule has 1 aromatic heterocycles. The van der Waals surface area contributed by atoms with Gasteiger partial charge < -0.3 is 19.1 Å². The molecular formula is C31H28N2O4S. The molecule has 1 aliphatic rings. The average molecular weight is 525 g/mol. The number of aliphatic hydroxyl groups excluding tert-OH is 1. The molecule has 0 atom stereocenters. The molecule has 0 fully saturated rings. The average Bonchev–Trinajstić information content (AvgIpc) is 3.43. The maximum absolute atomic E-state index is 12.8. The standard InChI is InChI=1S/C31H28N2O4S/c1-3-36-31(35)28-29(34)27(38-30(28)32-23-15-13-21(2)14-16-23)19-22-20-33(26-12-8-7-11-25(22)26)17-18-37-24-9-5-4-6-10-24/h4-16,19-20,34H,3,17-18H2,1-2H3/b27-19-,32-30?. The highest BCUT2D eigenvalue weighted by atomic mass is 32.2. The Morgan fingerprint density at radius 1 is 1.03 bits per heavy atom. The van der Waals surface area contributed by atoms with Gasteiger partial charge in [-0.2, -0.15) is 0 Å². The molecule has 0 saturated heterocycles. The number of carbonyl (C=O) groups is 1. The molecule has 2 heterocycles. The molecule has 0 bridgehead atoms. The zero-order valence-electron chi connectivity index (χ0n) is 21.3. The molecule has 3 aromatic carbocycles. The molecule has 0 spiro atoms. The van der Waals surface area contributed by atoms with Crippen molar-refractivity contribution in [3.8, 4) is 5.75 Å². The molecule has 38 heavy (non-hydrogen) atoms. The van der Waals surface area contributed by atoms with Gasteiger partial charge in [0.25, 0.3) is 0 Å². The highest BCUT2D eigenvalue weighted by Gasteiger charge is 2.33. The van der Waals surface area contributed by atoms with E-state index in [1.54, 1.807) is 6.92 Å². The van der Waals surface area contributed by atoms with Gasteiger partial charge in [-0.25, -0.2) is 9.79 Å². The van der Waals surface area contributed by atoms with Gasteiger partial charge in [0.05, 0.1) is 23.7 Å². The number of aromatic nitrogens is 1. The van der Waals surface area contributed by atoms with E-state index in [4.69, 9.17) is 9.47 Å². The number of fused-ring (bicyclic) bond motifs is 1. The summed E-state index contributed by atoms with van der Waals surface area (Å²) >= 11 is 1.26. The number of para-hydroxylation sites is 2. The number of ether oxygens (including phenoxy) is 2. The summed E-state index contributed by atoms with van der Waals surface area (Å²) in [5.41, 5.74) is 3.88. The van der Waals surface area contributed by atoms with Crippen molar-refractivity contribution in [3.05, 3.63) is 112 Å². The van der Waals surface area contributed by atoms with Crippen molar-refractivity contribution in [2.45, 2.75) is 20.4 Å². The minimum atomic E-state index is -0.591. The van der Waals surface area contributed by atoms with Gasteiger partial charge in [-0.15, -0.1) is 0 Å². The molecule has 5 rings (SSSR count). The van der Waals surface area contributed by atoms with Gasteiger partial charge in [-0.3, -0.25) is 0 Å². The predicted molar refractivity (Wildman–Crippen MR) is 154 cm³/mol. The zero-order chi connectivity index (χ0) is 26.5. The number of nitrogens with zero attached hydrogens (tertiary/aromatic N) is 2. The smallest absolute Gasteiger partial charge is 0.344 e. The number of hydrogen-bond acceptors (Lipinski definition) is 6. The third-order valence-corrected chi connectivity index (χ3v) is 7.10. The lowest BCUT2D eigenvalue weighted by Gasteiger charge is -2.08. The molecular weight excluding hydrogens is 496 g/mol. The number of rotatable bonds is 8. The lowest BCUT2D eigenvalue weighted by atomic mass is 10.1. The molecule has 0 saturated carbocycles. The predicted octanol–water partition coefficient (Wildman–Crippen LogP) is 7.22. The summed E-state index contributed by atoms with van der Waals surface area (Å²) in [7, 11) is 0. The SMILES string of the molecule is CCOC(=O)C1=C(O)/C(=C/c2cn(CCOc3ccccc3)c3ccccc23)SC1=Nc1ccc(C)cc1. The lowest BCUT2D eigenvalue weighted by Crippen LogP contribution is -2.12. The van der Waals surface area contributed by atoms with Gasteiger partial charge in [0, 0.05) is 22.7 Å². The first-order valence-electron chi connectivity index (χ1n) is 12.4. The number of carbonyl (C=O) groups excluding carboxylic acids is 1. The third-order valence-electron chi connectivity index (χ3n) is 6.08. The zero-order valence-corrected chi connectivity index (χ0v) is 22.1. The Kier molecular flexibility index (Phi) is 7.65. The van der Waals surface area contributed by atoms with Crippen LogP contribution in [0.3, 0.4) is 0 Å². The summed E-state index contributed by atoms with van der Waals surface area (Å²) in [6, 6.07) is 25.5. The monoisotopic (exact) mass is 524 g/mol. The van der Waals surface area contributed by atoms with Crippen molar-refractivity contribution in [2.75, 3.05) is 13.2 Å². The van der Waals surface area contributed by atoms with Crippen LogP contribution >= 0.6 is 11.8 Å². The van der Waals surface area contributed by atoms with E-state index in [9.17, 15) is 9.90 Å². The first kappa shape index (κ1) is 25.4. The van der Waals surface area contributed by atoms with Crippen molar-refractivity contribution in [2.24, 2.45) is 4.99 Å². The van der Waals surface area contributed by atoms with Crippen LogP contribution in [0.5, 0.6) is 5.75 Å². The van der Waals surface area contributed by atoms with E-state index in [0.717, 1.165) is 27.8 Å². The summed E-state index contributed by atoms with van der Waals surface area (Å²) in [5, 5.41) is 12.6. The van der Waals surface area contributed by atoms with Gasteiger partial charge in [0.2, 0.25) is 0 Å². The Morgan fingerprint density at radius 3 is 2.53 bits per heavy atom. The van der Waals surface area contributed by atoms with E-state index in [0.29, 0.717) is 28.8 Å². The summed E-state index contributed by atoms with van der Waals surface area (Å²) in [6.45, 7) is 5.11. The van der Waals surface area contributed by atoms with E-state index in [1.807, 2.05) is 92.0 Å². The van der Waals surface area contributed by atoms with Crippen LogP contribution in [-0.4, -0.2) is 33.9 Å². The molecule has 4 aromatic rings. The van der Waals surface area contributed by atoms with Gasteiger partial charge >= 0.3 is 5.97 Å². The number of thioether (sulfide) groups is 1. The van der Waals surface area contributed by atoms with Crippen LogP contribution in [0.1, 0.15) is 18.1 Å². The van der Waals surface area contributed by atoms with Crippen LogP contribution in [0.25, 0.3) is 17.0 Å². The molecule has 1 N–H and O–H groups in total. The Bertz CT molecular complexity index is 1550. The van der Waals surface area contributed by atoms with Gasteiger partial charge in [0.1, 0.15) is 28.7 Å². The van der Waals surface area contributed by atoms with Crippen molar-refractivity contribution in [3.63, 3.8) is 0 Å². The fraction of sp³-hybridized carbons (Fsp3) is 0.161. The molecule has 0 amide bonds. The highest BCUT2D eigenvalue weighted by molar-refractivity contribution is 8.18. The minimum absolute atomic E-state index is 0.0867. The molecule has 0 radical (unpaired) electrons. The molecule has 6 nitrogen and oxygen atoms in total. The third kappa shape index (κ3) is 5.53. The lowest BCUT2D eigenvalue weighted by molar-refractivity contribution is -0.138. The molecule has 1 aliphatic heterocycles. The van der Waals surface area contributed by atoms with Crippen molar-refractivity contribution in [1.29, 1.82) is 0 Å². The molecule has 192 valence electrons. The van der Waals surface area contributed by atoms with E-state index in [-0.39, 0.29) is 17.9 Å². The fourth-order valence-electron chi connectivity index (χ4n) is 4.22.